The number of hydrogen-bond acceptors (Lipinski definition) is 2. The minimum absolute atomic E-state index is 0.0342. The van der Waals surface area contributed by atoms with E-state index in [1.54, 1.807) is 4.90 Å². The predicted molar refractivity (Wildman–Crippen MR) is 72.8 cm³/mol. The van der Waals surface area contributed by atoms with Gasteiger partial charge < -0.3 is 10.2 Å². The van der Waals surface area contributed by atoms with Gasteiger partial charge in [0.05, 0.1) is 5.92 Å². The fourth-order valence-corrected chi connectivity index (χ4v) is 2.53. The summed E-state index contributed by atoms with van der Waals surface area (Å²) in [6.07, 6.45) is 2.48. The van der Waals surface area contributed by atoms with Gasteiger partial charge in [-0.15, -0.1) is 0 Å². The van der Waals surface area contributed by atoms with E-state index < -0.39 is 0 Å². The number of nitrogens with one attached hydrogen (secondary N) is 1. The van der Waals surface area contributed by atoms with E-state index >= 15 is 0 Å². The Labute approximate surface area is 112 Å². The van der Waals surface area contributed by atoms with E-state index in [9.17, 15) is 9.59 Å². The average Bonchev–Trinajstić information content (AvgIpc) is 3.11. The molecule has 1 saturated heterocycles. The second kappa shape index (κ2) is 4.68. The summed E-state index contributed by atoms with van der Waals surface area (Å²) < 4.78 is 0. The van der Waals surface area contributed by atoms with Crippen LogP contribution >= 0.6 is 0 Å². The number of anilines is 1. The fraction of sp³-hybridized carbons (Fsp3) is 0.467. The van der Waals surface area contributed by atoms with E-state index in [0.29, 0.717) is 19.0 Å². The molecule has 1 saturated carbocycles. The van der Waals surface area contributed by atoms with Gasteiger partial charge in [-0.05, 0) is 31.4 Å². The van der Waals surface area contributed by atoms with Crippen LogP contribution in [0.4, 0.5) is 5.69 Å². The molecule has 0 bridgehead atoms. The molecule has 4 heteroatoms. The first kappa shape index (κ1) is 12.2. The topological polar surface area (TPSA) is 49.4 Å². The molecule has 19 heavy (non-hydrogen) atoms. The molecule has 0 radical (unpaired) electrons. The lowest BCUT2D eigenvalue weighted by molar-refractivity contribution is -0.126. The quantitative estimate of drug-likeness (QED) is 0.895. The van der Waals surface area contributed by atoms with Crippen molar-refractivity contribution in [3.8, 4) is 0 Å². The Balaban J connectivity index is 1.72. The Kier molecular flexibility index (Phi) is 3.01. The van der Waals surface area contributed by atoms with Crippen molar-refractivity contribution >= 4 is 17.5 Å². The van der Waals surface area contributed by atoms with Gasteiger partial charge in [0.15, 0.2) is 0 Å². The van der Waals surface area contributed by atoms with Crippen LogP contribution in [0.1, 0.15) is 24.8 Å². The molecule has 2 amide bonds. The SMILES string of the molecule is Cc1ccccc1N1C[C@@H](C(=O)NC2CC2)CC1=O. The molecule has 0 aromatic heterocycles. The average molecular weight is 258 g/mol. The highest BCUT2D eigenvalue weighted by molar-refractivity contribution is 6.00. The van der Waals surface area contributed by atoms with Crippen LogP contribution < -0.4 is 10.2 Å². The number of hydrogen-bond donors (Lipinski definition) is 1. The van der Waals surface area contributed by atoms with Gasteiger partial charge >= 0.3 is 0 Å². The summed E-state index contributed by atoms with van der Waals surface area (Å²) in [6.45, 7) is 2.49. The molecular formula is C15H18N2O2. The van der Waals surface area contributed by atoms with Crippen LogP contribution in [0.25, 0.3) is 0 Å². The van der Waals surface area contributed by atoms with E-state index in [-0.39, 0.29) is 17.7 Å². The molecule has 1 aliphatic carbocycles. The van der Waals surface area contributed by atoms with Crippen molar-refractivity contribution in [2.45, 2.75) is 32.2 Å². The Morgan fingerprint density at radius 3 is 2.74 bits per heavy atom. The molecule has 3 rings (SSSR count). The first-order valence-corrected chi connectivity index (χ1v) is 6.81. The smallest absolute Gasteiger partial charge is 0.227 e. The Bertz CT molecular complexity index is 523. The van der Waals surface area contributed by atoms with Crippen molar-refractivity contribution < 1.29 is 9.59 Å². The zero-order valence-electron chi connectivity index (χ0n) is 11.1. The highest BCUT2D eigenvalue weighted by Crippen LogP contribution is 2.28. The molecule has 1 heterocycles. The number of nitrogens with zero attached hydrogens (tertiary/aromatic N) is 1. The fourth-order valence-electron chi connectivity index (χ4n) is 2.53. The summed E-state index contributed by atoms with van der Waals surface area (Å²) in [5.74, 6) is -0.120. The van der Waals surface area contributed by atoms with Crippen molar-refractivity contribution in [3.05, 3.63) is 29.8 Å². The summed E-state index contributed by atoms with van der Waals surface area (Å²) in [5, 5.41) is 2.99. The van der Waals surface area contributed by atoms with E-state index in [1.807, 2.05) is 31.2 Å². The van der Waals surface area contributed by atoms with Crippen LogP contribution in [0.3, 0.4) is 0 Å². The van der Waals surface area contributed by atoms with Crippen LogP contribution in [0.5, 0.6) is 0 Å². The van der Waals surface area contributed by atoms with Gasteiger partial charge in [-0.2, -0.15) is 0 Å². The second-order valence-corrected chi connectivity index (χ2v) is 5.47. The van der Waals surface area contributed by atoms with Crippen LogP contribution in [0, 0.1) is 12.8 Å². The van der Waals surface area contributed by atoms with Gasteiger partial charge in [0, 0.05) is 24.7 Å². The van der Waals surface area contributed by atoms with Crippen LogP contribution in [0.2, 0.25) is 0 Å². The molecule has 2 fully saturated rings. The zero-order valence-corrected chi connectivity index (χ0v) is 11.1. The van der Waals surface area contributed by atoms with Gasteiger partial charge in [0.1, 0.15) is 0 Å². The lowest BCUT2D eigenvalue weighted by Crippen LogP contribution is -2.34. The largest absolute Gasteiger partial charge is 0.353 e. The Hall–Kier alpha value is -1.84. The van der Waals surface area contributed by atoms with E-state index in [1.165, 1.54) is 0 Å². The van der Waals surface area contributed by atoms with E-state index in [2.05, 4.69) is 5.32 Å². The highest BCUT2D eigenvalue weighted by Gasteiger charge is 2.37. The monoisotopic (exact) mass is 258 g/mol. The number of para-hydroxylation sites is 1. The Morgan fingerprint density at radius 1 is 1.32 bits per heavy atom. The maximum Gasteiger partial charge on any atom is 0.227 e. The maximum atomic E-state index is 12.1. The molecule has 2 aliphatic rings. The predicted octanol–water partition coefficient (Wildman–Crippen LogP) is 1.63. The van der Waals surface area contributed by atoms with E-state index in [0.717, 1.165) is 24.1 Å². The zero-order chi connectivity index (χ0) is 13.4. The molecule has 100 valence electrons. The van der Waals surface area contributed by atoms with Crippen molar-refractivity contribution in [2.75, 3.05) is 11.4 Å². The minimum atomic E-state index is -0.201. The molecule has 1 atom stereocenters. The van der Waals surface area contributed by atoms with Crippen LogP contribution in [-0.4, -0.2) is 24.4 Å². The molecule has 1 N–H and O–H groups in total. The number of amides is 2. The minimum Gasteiger partial charge on any atom is -0.353 e. The number of carbonyl (C=O) groups excluding carboxylic acids is 2. The molecule has 1 aromatic carbocycles. The number of benzene rings is 1. The number of rotatable bonds is 3. The van der Waals surface area contributed by atoms with Gasteiger partial charge in [-0.3, -0.25) is 9.59 Å². The second-order valence-electron chi connectivity index (χ2n) is 5.47. The Morgan fingerprint density at radius 2 is 2.05 bits per heavy atom. The van der Waals surface area contributed by atoms with Gasteiger partial charge in [0.2, 0.25) is 11.8 Å². The first-order chi connectivity index (χ1) is 9.15. The standard InChI is InChI=1S/C15H18N2O2/c1-10-4-2-3-5-13(10)17-9-11(8-14(17)18)15(19)16-12-6-7-12/h2-5,11-12H,6-9H2,1H3,(H,16,19)/t11-/m0/s1. The highest BCUT2D eigenvalue weighted by atomic mass is 16.2. The summed E-state index contributed by atoms with van der Waals surface area (Å²) in [7, 11) is 0. The molecule has 0 unspecified atom stereocenters. The first-order valence-electron chi connectivity index (χ1n) is 6.81. The van der Waals surface area contributed by atoms with Gasteiger partial charge in [-0.1, -0.05) is 18.2 Å². The van der Waals surface area contributed by atoms with Crippen molar-refractivity contribution in [1.29, 1.82) is 0 Å². The normalized spacial score (nSPS) is 22.7. The lowest BCUT2D eigenvalue weighted by Gasteiger charge is -2.18. The molecule has 0 spiro atoms. The number of aryl methyl sites for hydroxylation is 1. The van der Waals surface area contributed by atoms with Crippen LogP contribution in [-0.2, 0) is 9.59 Å². The summed E-state index contributed by atoms with van der Waals surface area (Å²) >= 11 is 0. The third-order valence-corrected chi connectivity index (χ3v) is 3.83. The van der Waals surface area contributed by atoms with Crippen molar-refractivity contribution in [1.82, 2.24) is 5.32 Å². The van der Waals surface area contributed by atoms with Crippen molar-refractivity contribution in [3.63, 3.8) is 0 Å². The third kappa shape index (κ3) is 2.48. The summed E-state index contributed by atoms with van der Waals surface area (Å²) in [6, 6.07) is 8.16. The number of carbonyl (C=O) groups is 2. The lowest BCUT2D eigenvalue weighted by atomic mass is 10.1. The third-order valence-electron chi connectivity index (χ3n) is 3.83. The van der Waals surface area contributed by atoms with Gasteiger partial charge in [-0.25, -0.2) is 0 Å². The van der Waals surface area contributed by atoms with Crippen molar-refractivity contribution in [2.24, 2.45) is 5.92 Å². The van der Waals surface area contributed by atoms with Gasteiger partial charge in [0.25, 0.3) is 0 Å². The summed E-state index contributed by atoms with van der Waals surface area (Å²) in [5.41, 5.74) is 1.99. The molecule has 1 aliphatic heterocycles. The maximum absolute atomic E-state index is 12.1. The molecular weight excluding hydrogens is 240 g/mol. The van der Waals surface area contributed by atoms with Crippen LogP contribution in [0.15, 0.2) is 24.3 Å². The summed E-state index contributed by atoms with van der Waals surface area (Å²) in [4.78, 5) is 25.8. The molecule has 4 nitrogen and oxygen atoms in total. The van der Waals surface area contributed by atoms with E-state index in [4.69, 9.17) is 0 Å². The molecule has 1 aromatic rings.